The molecule has 0 aliphatic carbocycles. The third kappa shape index (κ3) is 4.84. The van der Waals surface area contributed by atoms with Crippen LogP contribution in [-0.2, 0) is 28.3 Å². The second-order valence-electron chi connectivity index (χ2n) is 8.13. The summed E-state index contributed by atoms with van der Waals surface area (Å²) in [6.07, 6.45) is 4.39. The lowest BCUT2D eigenvalue weighted by Gasteiger charge is -2.26. The summed E-state index contributed by atoms with van der Waals surface area (Å²) < 4.78 is 27.8. The number of sulfonamides is 1. The zero-order chi connectivity index (χ0) is 21.9. The minimum Gasteiger partial charge on any atom is -0.355 e. The molecule has 0 unspecified atom stereocenters. The van der Waals surface area contributed by atoms with Gasteiger partial charge in [-0.15, -0.1) is 0 Å². The maximum atomic E-state index is 12.4. The minimum atomic E-state index is -3.51. The lowest BCUT2D eigenvalue weighted by Crippen LogP contribution is -2.42. The summed E-state index contributed by atoms with van der Waals surface area (Å²) in [7, 11) is 1.40. The van der Waals surface area contributed by atoms with Gasteiger partial charge < -0.3 is 9.88 Å². The first kappa shape index (κ1) is 22.7. The summed E-state index contributed by atoms with van der Waals surface area (Å²) in [6, 6.07) is 5.36. The van der Waals surface area contributed by atoms with Crippen LogP contribution in [0.2, 0.25) is 0 Å². The molecule has 1 atom stereocenters. The van der Waals surface area contributed by atoms with Crippen LogP contribution < -0.4 is 5.32 Å². The van der Waals surface area contributed by atoms with Crippen molar-refractivity contribution in [3.63, 3.8) is 0 Å². The molecular formula is C21H33N5O3S. The average molecular weight is 436 g/mol. The third-order valence-corrected chi connectivity index (χ3v) is 7.77. The second-order valence-corrected chi connectivity index (χ2v) is 10.3. The summed E-state index contributed by atoms with van der Waals surface area (Å²) in [6.45, 7) is 5.10. The van der Waals surface area contributed by atoms with Gasteiger partial charge >= 0.3 is 0 Å². The van der Waals surface area contributed by atoms with Crippen LogP contribution in [0.4, 0.5) is 0 Å². The summed E-state index contributed by atoms with van der Waals surface area (Å²) in [5, 5.41) is 3.07. The molecule has 1 aliphatic heterocycles. The van der Waals surface area contributed by atoms with E-state index in [1.54, 1.807) is 18.2 Å². The maximum absolute atomic E-state index is 12.4. The van der Waals surface area contributed by atoms with E-state index in [-0.39, 0.29) is 10.8 Å². The Balaban J connectivity index is 1.62. The van der Waals surface area contributed by atoms with Crippen molar-refractivity contribution >= 4 is 27.0 Å². The van der Waals surface area contributed by atoms with Gasteiger partial charge in [0, 0.05) is 46.6 Å². The van der Waals surface area contributed by atoms with E-state index in [9.17, 15) is 13.2 Å². The second kappa shape index (κ2) is 9.45. The highest BCUT2D eigenvalue weighted by Crippen LogP contribution is 2.22. The fourth-order valence-electron chi connectivity index (χ4n) is 4.01. The zero-order valence-electron chi connectivity index (χ0n) is 18.4. The van der Waals surface area contributed by atoms with Crippen molar-refractivity contribution in [1.29, 1.82) is 0 Å². The number of amides is 1. The van der Waals surface area contributed by atoms with E-state index >= 15 is 0 Å². The van der Waals surface area contributed by atoms with Crippen molar-refractivity contribution in [3.05, 3.63) is 24.0 Å². The van der Waals surface area contributed by atoms with Gasteiger partial charge in [-0.2, -0.15) is 0 Å². The normalized spacial score (nSPS) is 16.4. The Morgan fingerprint density at radius 2 is 1.97 bits per heavy atom. The molecule has 1 amide bonds. The van der Waals surface area contributed by atoms with E-state index in [0.717, 1.165) is 30.9 Å². The Labute approximate surface area is 179 Å². The van der Waals surface area contributed by atoms with Crippen LogP contribution in [-0.4, -0.2) is 72.9 Å². The smallest absolute Gasteiger partial charge is 0.242 e. The predicted molar refractivity (Wildman–Crippen MR) is 118 cm³/mol. The zero-order valence-corrected chi connectivity index (χ0v) is 19.2. The molecule has 1 aromatic heterocycles. The Morgan fingerprint density at radius 1 is 1.27 bits per heavy atom. The van der Waals surface area contributed by atoms with Gasteiger partial charge in [0.05, 0.1) is 15.9 Å². The van der Waals surface area contributed by atoms with Gasteiger partial charge in [-0.05, 0) is 50.6 Å². The molecule has 8 nitrogen and oxygen atoms in total. The largest absolute Gasteiger partial charge is 0.355 e. The van der Waals surface area contributed by atoms with E-state index in [0.29, 0.717) is 30.9 Å². The van der Waals surface area contributed by atoms with Gasteiger partial charge in [0.2, 0.25) is 15.9 Å². The number of hydrogen-bond donors (Lipinski definition) is 1. The number of nitrogens with one attached hydrogen (secondary N) is 1. The molecule has 1 fully saturated rings. The van der Waals surface area contributed by atoms with Gasteiger partial charge in [-0.25, -0.2) is 17.7 Å². The molecule has 0 spiro atoms. The SMILES string of the molecule is CC[C@H](CNC(=O)CCc1nc2cc(S(=O)(=O)N(C)C)ccc2n1C)N1CCCC1. The van der Waals surface area contributed by atoms with Gasteiger partial charge in [-0.1, -0.05) is 6.92 Å². The van der Waals surface area contributed by atoms with Crippen molar-refractivity contribution in [3.8, 4) is 0 Å². The molecule has 1 aliphatic rings. The van der Waals surface area contributed by atoms with Crippen LogP contribution in [0.5, 0.6) is 0 Å². The molecular weight excluding hydrogens is 402 g/mol. The summed E-state index contributed by atoms with van der Waals surface area (Å²) >= 11 is 0. The average Bonchev–Trinajstić information content (AvgIpc) is 3.35. The molecule has 30 heavy (non-hydrogen) atoms. The first-order chi connectivity index (χ1) is 14.2. The standard InChI is InChI=1S/C21H33N5O3S/c1-5-16(26-12-6-7-13-26)15-22-21(27)11-10-20-23-18-14-17(30(28,29)24(2)3)8-9-19(18)25(20)4/h8-9,14,16H,5-7,10-13,15H2,1-4H3,(H,22,27)/t16-/m1/s1. The fourth-order valence-corrected chi connectivity index (χ4v) is 4.93. The van der Waals surface area contributed by atoms with Crippen molar-refractivity contribution in [2.45, 2.75) is 50.0 Å². The van der Waals surface area contributed by atoms with Gasteiger partial charge in [-0.3, -0.25) is 9.69 Å². The highest BCUT2D eigenvalue weighted by atomic mass is 32.2. The Morgan fingerprint density at radius 3 is 2.60 bits per heavy atom. The molecule has 2 heterocycles. The first-order valence-corrected chi connectivity index (χ1v) is 12.1. The van der Waals surface area contributed by atoms with E-state index < -0.39 is 10.0 Å². The molecule has 3 rings (SSSR count). The third-order valence-electron chi connectivity index (χ3n) is 5.96. The molecule has 1 saturated heterocycles. The first-order valence-electron chi connectivity index (χ1n) is 10.6. The van der Waals surface area contributed by atoms with Crippen molar-refractivity contribution in [1.82, 2.24) is 24.1 Å². The van der Waals surface area contributed by atoms with Crippen molar-refractivity contribution in [2.24, 2.45) is 7.05 Å². The van der Waals surface area contributed by atoms with Crippen molar-refractivity contribution in [2.75, 3.05) is 33.7 Å². The molecule has 1 aromatic carbocycles. The van der Waals surface area contributed by atoms with Crippen LogP contribution in [0, 0.1) is 0 Å². The monoisotopic (exact) mass is 435 g/mol. The highest BCUT2D eigenvalue weighted by Gasteiger charge is 2.21. The van der Waals surface area contributed by atoms with Crippen LogP contribution >= 0.6 is 0 Å². The number of aryl methyl sites for hydroxylation is 2. The van der Waals surface area contributed by atoms with E-state index in [1.165, 1.54) is 31.2 Å². The van der Waals surface area contributed by atoms with Crippen LogP contribution in [0.3, 0.4) is 0 Å². The molecule has 2 aromatic rings. The van der Waals surface area contributed by atoms with Crippen LogP contribution in [0.15, 0.2) is 23.1 Å². The summed E-state index contributed by atoms with van der Waals surface area (Å²) in [5.41, 5.74) is 1.47. The van der Waals surface area contributed by atoms with E-state index in [2.05, 4.69) is 22.1 Å². The number of fused-ring (bicyclic) bond motifs is 1. The maximum Gasteiger partial charge on any atom is 0.242 e. The molecule has 9 heteroatoms. The Bertz CT molecular complexity index is 993. The van der Waals surface area contributed by atoms with Crippen LogP contribution in [0.1, 0.15) is 38.4 Å². The number of aromatic nitrogens is 2. The summed E-state index contributed by atoms with van der Waals surface area (Å²) in [4.78, 5) is 19.7. The number of imidazole rings is 1. The Hall–Kier alpha value is -1.97. The predicted octanol–water partition coefficient (Wildman–Crippen LogP) is 1.75. The summed E-state index contributed by atoms with van der Waals surface area (Å²) in [5.74, 6) is 0.793. The minimum absolute atomic E-state index is 0.0237. The number of carbonyl (C=O) groups excluding carboxylic acids is 1. The molecule has 1 N–H and O–H groups in total. The number of likely N-dealkylation sites (tertiary alicyclic amines) is 1. The number of carbonyl (C=O) groups is 1. The van der Waals surface area contributed by atoms with E-state index in [4.69, 9.17) is 0 Å². The number of benzene rings is 1. The van der Waals surface area contributed by atoms with Crippen molar-refractivity contribution < 1.29 is 13.2 Å². The lowest BCUT2D eigenvalue weighted by atomic mass is 10.2. The molecule has 0 bridgehead atoms. The lowest BCUT2D eigenvalue weighted by molar-refractivity contribution is -0.121. The molecule has 166 valence electrons. The van der Waals surface area contributed by atoms with Gasteiger partial charge in [0.25, 0.3) is 0 Å². The van der Waals surface area contributed by atoms with Gasteiger partial charge in [0.1, 0.15) is 5.82 Å². The van der Waals surface area contributed by atoms with E-state index in [1.807, 2.05) is 11.6 Å². The van der Waals surface area contributed by atoms with Crippen LogP contribution in [0.25, 0.3) is 11.0 Å². The highest BCUT2D eigenvalue weighted by molar-refractivity contribution is 7.89. The number of rotatable bonds is 9. The number of hydrogen-bond acceptors (Lipinski definition) is 5. The fraction of sp³-hybridized carbons (Fsp3) is 0.619. The molecule has 0 saturated carbocycles. The molecule has 0 radical (unpaired) electrons. The Kier molecular flexibility index (Phi) is 7.15. The topological polar surface area (TPSA) is 87.5 Å². The van der Waals surface area contributed by atoms with Gasteiger partial charge in [0.15, 0.2) is 0 Å². The quantitative estimate of drug-likeness (QED) is 0.648. The number of nitrogens with zero attached hydrogens (tertiary/aromatic N) is 4.